The summed E-state index contributed by atoms with van der Waals surface area (Å²) >= 11 is 13.7. The number of nitrogens with one attached hydrogen (secondary N) is 1. The minimum atomic E-state index is -0.232. The maximum atomic E-state index is 12.8. The average molecular weight is 578 g/mol. The molecule has 0 radical (unpaired) electrons. The van der Waals surface area contributed by atoms with Gasteiger partial charge in [0.15, 0.2) is 5.75 Å². The predicted octanol–water partition coefficient (Wildman–Crippen LogP) is 6.24. The van der Waals surface area contributed by atoms with Crippen molar-refractivity contribution in [2.24, 2.45) is 4.99 Å². The van der Waals surface area contributed by atoms with E-state index in [1.165, 1.54) is 0 Å². The van der Waals surface area contributed by atoms with Gasteiger partial charge in [0.05, 0.1) is 16.8 Å². The SMILES string of the molecule is O=C1C(c2[nH]c3c(Br)cc(Br)cc3c2O)=Nc2c(Br)cc(Br)cc21. The number of halogens is 4. The van der Waals surface area contributed by atoms with Crippen LogP contribution in [0, 0.1) is 0 Å². The molecule has 2 aromatic carbocycles. The van der Waals surface area contributed by atoms with E-state index in [1.807, 2.05) is 12.1 Å². The summed E-state index contributed by atoms with van der Waals surface area (Å²) in [5.41, 5.74) is 2.27. The summed E-state index contributed by atoms with van der Waals surface area (Å²) in [6.07, 6.45) is 0. The van der Waals surface area contributed by atoms with E-state index in [9.17, 15) is 9.90 Å². The van der Waals surface area contributed by atoms with Crippen LogP contribution in [0.5, 0.6) is 5.75 Å². The van der Waals surface area contributed by atoms with E-state index in [0.29, 0.717) is 27.8 Å². The second-order valence-electron chi connectivity index (χ2n) is 5.23. The average Bonchev–Trinajstić information content (AvgIpc) is 2.99. The fourth-order valence-electron chi connectivity index (χ4n) is 2.69. The molecule has 24 heavy (non-hydrogen) atoms. The normalized spacial score (nSPS) is 13.5. The van der Waals surface area contributed by atoms with Gasteiger partial charge in [-0.05, 0) is 56.1 Å². The Balaban J connectivity index is 1.95. The highest BCUT2D eigenvalue weighted by molar-refractivity contribution is 9.11. The molecule has 3 aromatic rings. The molecular formula is C16H6Br4N2O2. The number of H-pyrrole nitrogens is 1. The Morgan fingerprint density at radius 1 is 0.958 bits per heavy atom. The van der Waals surface area contributed by atoms with Gasteiger partial charge in [0.2, 0.25) is 5.78 Å². The number of Topliss-reactive ketones (excluding diaryl/α,β-unsaturated/α-hetero) is 1. The number of hydrogen-bond acceptors (Lipinski definition) is 3. The maximum absolute atomic E-state index is 12.8. The molecule has 0 spiro atoms. The first-order chi connectivity index (χ1) is 11.4. The zero-order valence-corrected chi connectivity index (χ0v) is 18.0. The number of fused-ring (bicyclic) bond motifs is 2. The smallest absolute Gasteiger partial charge is 0.215 e. The lowest BCUT2D eigenvalue weighted by Crippen LogP contribution is -2.11. The van der Waals surface area contributed by atoms with E-state index in [0.717, 1.165) is 17.9 Å². The molecule has 1 aliphatic heterocycles. The molecule has 4 rings (SSSR count). The summed E-state index contributed by atoms with van der Waals surface area (Å²) in [4.78, 5) is 20.3. The van der Waals surface area contributed by atoms with Gasteiger partial charge < -0.3 is 10.1 Å². The molecule has 0 unspecified atom stereocenters. The lowest BCUT2D eigenvalue weighted by atomic mass is 10.1. The topological polar surface area (TPSA) is 65.5 Å². The quantitative estimate of drug-likeness (QED) is 0.360. The van der Waals surface area contributed by atoms with Crippen LogP contribution < -0.4 is 0 Å². The number of rotatable bonds is 1. The van der Waals surface area contributed by atoms with Crippen molar-refractivity contribution >= 4 is 91.8 Å². The van der Waals surface area contributed by atoms with Crippen LogP contribution in [0.25, 0.3) is 10.9 Å². The molecular weight excluding hydrogens is 572 g/mol. The Kier molecular flexibility index (Phi) is 3.98. The molecule has 4 nitrogen and oxygen atoms in total. The van der Waals surface area contributed by atoms with Crippen molar-refractivity contribution in [3.8, 4) is 5.75 Å². The van der Waals surface area contributed by atoms with Crippen LogP contribution in [0.2, 0.25) is 0 Å². The zero-order chi connectivity index (χ0) is 17.2. The van der Waals surface area contributed by atoms with Crippen LogP contribution in [0.1, 0.15) is 16.1 Å². The van der Waals surface area contributed by atoms with Crippen LogP contribution in [-0.4, -0.2) is 21.6 Å². The number of carbonyl (C=O) groups excluding carboxylic acids is 1. The van der Waals surface area contributed by atoms with Gasteiger partial charge in [0.25, 0.3) is 0 Å². The van der Waals surface area contributed by atoms with Crippen molar-refractivity contribution in [2.45, 2.75) is 0 Å². The van der Waals surface area contributed by atoms with Gasteiger partial charge >= 0.3 is 0 Å². The summed E-state index contributed by atoms with van der Waals surface area (Å²) in [7, 11) is 0. The summed E-state index contributed by atoms with van der Waals surface area (Å²) in [5.74, 6) is -0.230. The van der Waals surface area contributed by atoms with Crippen LogP contribution in [0.3, 0.4) is 0 Å². The first-order valence-corrected chi connectivity index (χ1v) is 9.86. The van der Waals surface area contributed by atoms with Crippen LogP contribution in [0.15, 0.2) is 47.1 Å². The third-order valence-electron chi connectivity index (χ3n) is 3.75. The Morgan fingerprint density at radius 3 is 2.38 bits per heavy atom. The molecule has 0 saturated heterocycles. The molecule has 0 saturated carbocycles. The minimum Gasteiger partial charge on any atom is -0.505 e. The third-order valence-corrected chi connectivity index (χ3v) is 5.89. The first kappa shape index (κ1) is 16.5. The number of aromatic hydroxyl groups is 1. The molecule has 0 bridgehead atoms. The maximum Gasteiger partial charge on any atom is 0.215 e. The fourth-order valence-corrected chi connectivity index (χ4v) is 5.33. The second kappa shape index (κ2) is 5.79. The van der Waals surface area contributed by atoms with Gasteiger partial charge in [-0.25, -0.2) is 4.99 Å². The van der Waals surface area contributed by atoms with Gasteiger partial charge in [0.1, 0.15) is 11.4 Å². The summed E-state index contributed by atoms with van der Waals surface area (Å²) < 4.78 is 3.10. The summed E-state index contributed by atoms with van der Waals surface area (Å²) in [6.45, 7) is 0. The van der Waals surface area contributed by atoms with Gasteiger partial charge in [0, 0.05) is 23.3 Å². The number of hydrogen-bond donors (Lipinski definition) is 2. The summed E-state index contributed by atoms with van der Waals surface area (Å²) in [6, 6.07) is 7.21. The highest BCUT2D eigenvalue weighted by Gasteiger charge is 2.31. The van der Waals surface area contributed by atoms with Crippen molar-refractivity contribution < 1.29 is 9.90 Å². The van der Waals surface area contributed by atoms with Crippen molar-refractivity contribution in [1.82, 2.24) is 4.98 Å². The number of aromatic amines is 1. The monoisotopic (exact) mass is 574 g/mol. The second-order valence-corrected chi connectivity index (χ2v) is 8.77. The highest BCUT2D eigenvalue weighted by Crippen LogP contribution is 2.41. The van der Waals surface area contributed by atoms with E-state index in [1.54, 1.807) is 12.1 Å². The Labute approximate surface area is 169 Å². The molecule has 0 fully saturated rings. The largest absolute Gasteiger partial charge is 0.505 e. The van der Waals surface area contributed by atoms with Gasteiger partial charge in [-0.3, -0.25) is 4.79 Å². The summed E-state index contributed by atoms with van der Waals surface area (Å²) in [5, 5.41) is 11.2. The molecule has 0 aliphatic carbocycles. The number of aliphatic imine (C=N–C) groups is 1. The molecule has 8 heteroatoms. The van der Waals surface area contributed by atoms with Crippen molar-refractivity contribution in [2.75, 3.05) is 0 Å². The van der Waals surface area contributed by atoms with Crippen LogP contribution in [-0.2, 0) is 0 Å². The van der Waals surface area contributed by atoms with E-state index in [4.69, 9.17) is 0 Å². The van der Waals surface area contributed by atoms with E-state index < -0.39 is 0 Å². The highest BCUT2D eigenvalue weighted by atomic mass is 79.9. The van der Waals surface area contributed by atoms with Crippen molar-refractivity contribution in [3.05, 3.63) is 53.4 Å². The third kappa shape index (κ3) is 2.42. The number of nitrogens with zero attached hydrogens (tertiary/aromatic N) is 1. The number of aromatic nitrogens is 1. The van der Waals surface area contributed by atoms with Gasteiger partial charge in [-0.15, -0.1) is 0 Å². The van der Waals surface area contributed by atoms with E-state index in [2.05, 4.69) is 73.7 Å². The Bertz CT molecular complexity index is 1090. The lowest BCUT2D eigenvalue weighted by molar-refractivity contribution is 0.106. The van der Waals surface area contributed by atoms with Gasteiger partial charge in [-0.1, -0.05) is 31.9 Å². The number of ketones is 1. The molecule has 0 atom stereocenters. The molecule has 1 aromatic heterocycles. The molecule has 0 amide bonds. The Morgan fingerprint density at radius 2 is 1.62 bits per heavy atom. The van der Waals surface area contributed by atoms with E-state index >= 15 is 0 Å². The fraction of sp³-hybridized carbons (Fsp3) is 0. The number of benzene rings is 2. The first-order valence-electron chi connectivity index (χ1n) is 6.69. The predicted molar refractivity (Wildman–Crippen MR) is 108 cm³/mol. The number of carbonyl (C=O) groups is 1. The van der Waals surface area contributed by atoms with Crippen molar-refractivity contribution in [1.29, 1.82) is 0 Å². The lowest BCUT2D eigenvalue weighted by Gasteiger charge is -1.99. The molecule has 120 valence electrons. The molecule has 1 aliphatic rings. The Hall–Kier alpha value is -0.960. The minimum absolute atomic E-state index is 0.00194. The standard InChI is InChI=1S/C16H6Br4N2O2/c17-5-1-7-11(9(19)3-5)21-13(15(7)23)14-16(24)8-2-6(18)4-10(20)12(8)22-14/h1-4,21,23H. The molecule has 2 heterocycles. The molecule has 2 N–H and O–H groups in total. The van der Waals surface area contributed by atoms with Crippen LogP contribution >= 0.6 is 63.7 Å². The van der Waals surface area contributed by atoms with Crippen molar-refractivity contribution in [3.63, 3.8) is 0 Å². The zero-order valence-electron chi connectivity index (χ0n) is 11.6. The van der Waals surface area contributed by atoms with E-state index in [-0.39, 0.29) is 17.2 Å². The van der Waals surface area contributed by atoms with Crippen LogP contribution in [0.4, 0.5) is 5.69 Å². The van der Waals surface area contributed by atoms with Gasteiger partial charge in [-0.2, -0.15) is 0 Å².